The highest BCUT2D eigenvalue weighted by atomic mass is 16.5. The summed E-state index contributed by atoms with van der Waals surface area (Å²) in [5, 5.41) is 11.3. The first-order valence-electron chi connectivity index (χ1n) is 14.9. The van der Waals surface area contributed by atoms with Crippen molar-refractivity contribution in [1.82, 2.24) is 5.16 Å². The van der Waals surface area contributed by atoms with Crippen molar-refractivity contribution in [3.05, 3.63) is 18.0 Å². The Hall–Kier alpha value is -1.32. The summed E-state index contributed by atoms with van der Waals surface area (Å²) in [6.07, 6.45) is 36.6. The predicted octanol–water partition coefficient (Wildman–Crippen LogP) is 10.8. The molecule has 4 heteroatoms. The first-order chi connectivity index (χ1) is 16.7. The molecule has 0 radical (unpaired) electrons. The van der Waals surface area contributed by atoms with Crippen LogP contribution in [0, 0.1) is 0 Å². The lowest BCUT2D eigenvalue weighted by molar-refractivity contribution is 0.0685. The summed E-state index contributed by atoms with van der Waals surface area (Å²) in [6, 6.07) is 1.28. The fourth-order valence-corrected chi connectivity index (χ4v) is 4.36. The number of carboxylic acid groups (broad SMARTS) is 1. The number of aromatic nitrogens is 1. The van der Waals surface area contributed by atoms with E-state index in [1.54, 1.807) is 0 Å². The third-order valence-electron chi connectivity index (χ3n) is 6.61. The molecule has 0 aromatic carbocycles. The van der Waals surface area contributed by atoms with E-state index in [-0.39, 0.29) is 5.69 Å². The smallest absolute Gasteiger partial charge is 0.358 e. The van der Waals surface area contributed by atoms with Crippen LogP contribution in [0.1, 0.15) is 178 Å². The molecule has 0 amide bonds. The van der Waals surface area contributed by atoms with Crippen LogP contribution in [0.3, 0.4) is 0 Å². The Balaban J connectivity index is 0.00000113. The summed E-state index contributed by atoms with van der Waals surface area (Å²) >= 11 is 0. The largest absolute Gasteiger partial charge is 0.476 e. The monoisotopic (exact) mass is 479 g/mol. The zero-order chi connectivity index (χ0) is 25.0. The maximum absolute atomic E-state index is 9.94. The molecule has 4 nitrogen and oxygen atoms in total. The average Bonchev–Trinajstić information content (AvgIpc) is 3.38. The van der Waals surface area contributed by atoms with Crippen molar-refractivity contribution in [2.75, 3.05) is 0 Å². The Labute approximate surface area is 211 Å². The Morgan fingerprint density at radius 3 is 1.00 bits per heavy atom. The van der Waals surface area contributed by atoms with Crippen LogP contribution in [0.5, 0.6) is 0 Å². The zero-order valence-corrected chi connectivity index (χ0v) is 22.8. The van der Waals surface area contributed by atoms with E-state index in [4.69, 9.17) is 5.11 Å². The molecule has 0 fully saturated rings. The van der Waals surface area contributed by atoms with Crippen molar-refractivity contribution >= 4 is 5.97 Å². The van der Waals surface area contributed by atoms with Crippen molar-refractivity contribution in [2.24, 2.45) is 0 Å². The Kier molecular flexibility index (Phi) is 26.8. The van der Waals surface area contributed by atoms with Gasteiger partial charge in [0.05, 0.1) is 0 Å². The van der Waals surface area contributed by atoms with E-state index in [0.717, 1.165) is 0 Å². The molecule has 1 aromatic rings. The maximum Gasteiger partial charge on any atom is 0.358 e. The van der Waals surface area contributed by atoms with E-state index >= 15 is 0 Å². The van der Waals surface area contributed by atoms with E-state index in [0.29, 0.717) is 0 Å². The van der Waals surface area contributed by atoms with Crippen molar-refractivity contribution in [3.63, 3.8) is 0 Å². The average molecular weight is 480 g/mol. The molecule has 0 bridgehead atoms. The van der Waals surface area contributed by atoms with E-state index in [1.807, 2.05) is 0 Å². The van der Waals surface area contributed by atoms with Crippen molar-refractivity contribution in [1.29, 1.82) is 0 Å². The minimum absolute atomic E-state index is 0.0648. The summed E-state index contributed by atoms with van der Waals surface area (Å²) < 4.78 is 4.24. The van der Waals surface area contributed by atoms with Crippen LogP contribution in [0.4, 0.5) is 0 Å². The normalized spacial score (nSPS) is 10.8. The summed E-state index contributed by atoms with van der Waals surface area (Å²) in [6.45, 7) is 4.61. The van der Waals surface area contributed by atoms with Gasteiger partial charge in [-0.25, -0.2) is 4.79 Å². The van der Waals surface area contributed by atoms with E-state index in [9.17, 15) is 4.79 Å². The van der Waals surface area contributed by atoms with Gasteiger partial charge in [-0.1, -0.05) is 173 Å². The minimum Gasteiger partial charge on any atom is -0.476 e. The molecule has 0 unspecified atom stereocenters. The lowest BCUT2D eigenvalue weighted by atomic mass is 10.0. The van der Waals surface area contributed by atoms with Crippen molar-refractivity contribution in [3.8, 4) is 0 Å². The summed E-state index contributed by atoms with van der Waals surface area (Å²) in [7, 11) is 0. The molecular weight excluding hydrogens is 422 g/mol. The molecule has 0 aliphatic rings. The third kappa shape index (κ3) is 25.3. The standard InChI is InChI=1S/C26H54.C4H3NO3/c1-3-5-7-9-11-13-15-17-19-21-23-25-26-24-22-20-18-16-14-12-10-8-6-4-2;6-4(7)3-1-2-8-5-3/h3-26H2,1-2H3;1-2H,(H,6,7). The molecule has 0 atom stereocenters. The molecule has 34 heavy (non-hydrogen) atoms. The zero-order valence-electron chi connectivity index (χ0n) is 22.8. The fraction of sp³-hybridized carbons (Fsp3) is 0.867. The highest BCUT2D eigenvalue weighted by Gasteiger charge is 2.03. The molecule has 0 saturated carbocycles. The number of hydrogen-bond acceptors (Lipinski definition) is 3. The van der Waals surface area contributed by atoms with Crippen LogP contribution in [0.15, 0.2) is 16.9 Å². The number of unbranched alkanes of at least 4 members (excludes halogenated alkanes) is 23. The van der Waals surface area contributed by atoms with Gasteiger partial charge in [-0.3, -0.25) is 0 Å². The molecule has 0 aliphatic heterocycles. The first kappa shape index (κ1) is 32.7. The van der Waals surface area contributed by atoms with E-state index < -0.39 is 5.97 Å². The summed E-state index contributed by atoms with van der Waals surface area (Å²) in [5.74, 6) is -1.07. The Morgan fingerprint density at radius 1 is 0.588 bits per heavy atom. The number of nitrogens with zero attached hydrogens (tertiary/aromatic N) is 1. The lowest BCUT2D eigenvalue weighted by Crippen LogP contribution is -1.94. The van der Waals surface area contributed by atoms with Crippen LogP contribution in [0.25, 0.3) is 0 Å². The molecule has 0 saturated heterocycles. The van der Waals surface area contributed by atoms with Gasteiger partial charge in [0.15, 0.2) is 5.69 Å². The molecule has 0 spiro atoms. The second kappa shape index (κ2) is 27.9. The first-order valence-corrected chi connectivity index (χ1v) is 14.9. The SMILES string of the molecule is CCCCCCCCCCCCCCCCCCCCCCCCCC.O=C(O)c1ccon1. The Morgan fingerprint density at radius 2 is 0.853 bits per heavy atom. The fourth-order valence-electron chi connectivity index (χ4n) is 4.36. The van der Waals surface area contributed by atoms with Gasteiger partial charge in [-0.15, -0.1) is 0 Å². The van der Waals surface area contributed by atoms with Gasteiger partial charge in [0.25, 0.3) is 0 Å². The van der Waals surface area contributed by atoms with Gasteiger partial charge in [0.2, 0.25) is 0 Å². The lowest BCUT2D eigenvalue weighted by Gasteiger charge is -2.04. The number of aromatic carboxylic acids is 1. The van der Waals surface area contributed by atoms with E-state index in [1.165, 1.54) is 166 Å². The highest BCUT2D eigenvalue weighted by molar-refractivity contribution is 5.84. The van der Waals surface area contributed by atoms with Gasteiger partial charge in [0.1, 0.15) is 6.26 Å². The number of rotatable bonds is 24. The van der Waals surface area contributed by atoms with Crippen LogP contribution >= 0.6 is 0 Å². The van der Waals surface area contributed by atoms with Crippen LogP contribution in [0.2, 0.25) is 0 Å². The molecule has 1 heterocycles. The highest BCUT2D eigenvalue weighted by Crippen LogP contribution is 2.15. The molecule has 1 N–H and O–H groups in total. The number of carbonyl (C=O) groups is 1. The molecule has 0 aliphatic carbocycles. The number of hydrogen-bond donors (Lipinski definition) is 1. The molecule has 1 aromatic heterocycles. The van der Waals surface area contributed by atoms with Gasteiger partial charge in [-0.2, -0.15) is 0 Å². The third-order valence-corrected chi connectivity index (χ3v) is 6.61. The van der Waals surface area contributed by atoms with E-state index in [2.05, 4.69) is 23.5 Å². The topological polar surface area (TPSA) is 63.3 Å². The minimum atomic E-state index is -1.07. The second-order valence-corrected chi connectivity index (χ2v) is 9.97. The second-order valence-electron chi connectivity index (χ2n) is 9.97. The molecule has 1 rings (SSSR count). The molecular formula is C30H57NO3. The van der Waals surface area contributed by atoms with Crippen molar-refractivity contribution in [2.45, 2.75) is 168 Å². The Bertz CT molecular complexity index is 477. The predicted molar refractivity (Wildman–Crippen MR) is 146 cm³/mol. The van der Waals surface area contributed by atoms with Gasteiger partial charge in [-0.05, 0) is 0 Å². The maximum atomic E-state index is 9.94. The van der Waals surface area contributed by atoms with Crippen LogP contribution in [-0.2, 0) is 0 Å². The van der Waals surface area contributed by atoms with Gasteiger partial charge < -0.3 is 9.63 Å². The van der Waals surface area contributed by atoms with Gasteiger partial charge >= 0.3 is 5.97 Å². The van der Waals surface area contributed by atoms with Crippen molar-refractivity contribution < 1.29 is 14.4 Å². The van der Waals surface area contributed by atoms with Crippen LogP contribution < -0.4 is 0 Å². The van der Waals surface area contributed by atoms with Crippen LogP contribution in [-0.4, -0.2) is 16.2 Å². The quantitative estimate of drug-likeness (QED) is 0.150. The summed E-state index contributed by atoms with van der Waals surface area (Å²) in [5.41, 5.74) is -0.0648. The van der Waals surface area contributed by atoms with Gasteiger partial charge in [0, 0.05) is 6.07 Å². The summed E-state index contributed by atoms with van der Waals surface area (Å²) in [4.78, 5) is 9.94. The molecule has 200 valence electrons. The number of carboxylic acids is 1.